The molecule has 2 aromatic rings. The third kappa shape index (κ3) is 6.35. The quantitative estimate of drug-likeness (QED) is 0.391. The molecule has 1 aliphatic heterocycles. The lowest BCUT2D eigenvalue weighted by molar-refractivity contribution is -0.221. The molecule has 33 heavy (non-hydrogen) atoms. The molecule has 0 radical (unpaired) electrons. The second-order valence-corrected chi connectivity index (χ2v) is 8.26. The number of hydrogen-bond donors (Lipinski definition) is 1. The van der Waals surface area contributed by atoms with Crippen LogP contribution >= 0.6 is 24.0 Å². The summed E-state index contributed by atoms with van der Waals surface area (Å²) in [6, 6.07) is 5.61. The Balaban J connectivity index is 0.00000187. The molecule has 11 heteroatoms. The lowest BCUT2D eigenvalue weighted by atomic mass is 9.92. The molecule has 0 bridgehead atoms. The molecule has 1 aromatic carbocycles. The van der Waals surface area contributed by atoms with Crippen LogP contribution < -0.4 is 4.74 Å². The Morgan fingerprint density at radius 1 is 1.30 bits per heavy atom. The maximum atomic E-state index is 14.6. The Morgan fingerprint density at radius 2 is 1.97 bits per heavy atom. The van der Waals surface area contributed by atoms with Crippen molar-refractivity contribution < 1.29 is 36.9 Å². The van der Waals surface area contributed by atoms with Crippen LogP contribution in [0.15, 0.2) is 24.3 Å². The van der Waals surface area contributed by atoms with Crippen molar-refractivity contribution in [2.75, 3.05) is 6.26 Å². The fraction of sp³-hybridized carbons (Fsp3) is 0.409. The summed E-state index contributed by atoms with van der Waals surface area (Å²) in [4.78, 5) is 15.4. The number of carboxylic acids is 1. The number of benzene rings is 1. The van der Waals surface area contributed by atoms with Crippen LogP contribution in [-0.4, -0.2) is 45.1 Å². The number of rotatable bonds is 4. The number of nitrogens with zero attached hydrogens (tertiary/aromatic N) is 1. The summed E-state index contributed by atoms with van der Waals surface area (Å²) in [5, 5.41) is 9.39. The van der Waals surface area contributed by atoms with Crippen LogP contribution in [0.3, 0.4) is 0 Å². The van der Waals surface area contributed by atoms with Gasteiger partial charge < -0.3 is 14.6 Å². The van der Waals surface area contributed by atoms with Gasteiger partial charge in [0.05, 0.1) is 0 Å². The summed E-state index contributed by atoms with van der Waals surface area (Å²) in [5.41, 5.74) is 0.841. The van der Waals surface area contributed by atoms with Gasteiger partial charge in [-0.25, -0.2) is 14.2 Å². The molecule has 0 amide bonds. The van der Waals surface area contributed by atoms with Gasteiger partial charge in [-0.05, 0) is 61.5 Å². The normalized spacial score (nSPS) is 15.9. The van der Waals surface area contributed by atoms with Gasteiger partial charge in [0.25, 0.3) is 0 Å². The number of aromatic carboxylic acids is 1. The van der Waals surface area contributed by atoms with E-state index < -0.39 is 35.9 Å². The molecule has 1 N–H and O–H groups in total. The smallest absolute Gasteiger partial charge is 0.429 e. The number of carbonyl (C=O) groups is 1. The zero-order valence-corrected chi connectivity index (χ0v) is 20.0. The Morgan fingerprint density at radius 3 is 2.52 bits per heavy atom. The van der Waals surface area contributed by atoms with E-state index in [4.69, 9.17) is 21.7 Å². The molecule has 1 aliphatic rings. The summed E-state index contributed by atoms with van der Waals surface area (Å²) in [6.45, 7) is 5.70. The number of fused-ring (bicyclic) bond motifs is 1. The van der Waals surface area contributed by atoms with Crippen LogP contribution in [0.2, 0.25) is 0 Å². The van der Waals surface area contributed by atoms with Crippen molar-refractivity contribution in [3.05, 3.63) is 46.9 Å². The van der Waals surface area contributed by atoms with Gasteiger partial charge in [-0.1, -0.05) is 37.7 Å². The van der Waals surface area contributed by atoms with Crippen LogP contribution in [0.5, 0.6) is 5.88 Å². The van der Waals surface area contributed by atoms with E-state index >= 15 is 0 Å². The summed E-state index contributed by atoms with van der Waals surface area (Å²) < 4.78 is 65.4. The minimum absolute atomic E-state index is 0.0531. The number of aryl methyl sites for hydroxylation is 1. The first-order chi connectivity index (χ1) is 15.5. The summed E-state index contributed by atoms with van der Waals surface area (Å²) in [6.07, 6.45) is -7.20. The van der Waals surface area contributed by atoms with Crippen LogP contribution in [0, 0.1) is 12.7 Å². The van der Waals surface area contributed by atoms with Gasteiger partial charge in [-0.3, -0.25) is 0 Å². The molecule has 0 saturated carbocycles. The van der Waals surface area contributed by atoms with Crippen molar-refractivity contribution in [3.63, 3.8) is 0 Å². The first kappa shape index (κ1) is 26.8. The molecule has 1 aromatic heterocycles. The van der Waals surface area contributed by atoms with Gasteiger partial charge in [0, 0.05) is 11.1 Å². The molecule has 2 heterocycles. The number of hydrogen-bond acceptors (Lipinski definition) is 6. The highest BCUT2D eigenvalue weighted by Crippen LogP contribution is 2.40. The predicted octanol–water partition coefficient (Wildman–Crippen LogP) is 6.21. The second-order valence-electron chi connectivity index (χ2n) is 6.86. The number of alkyl halides is 3. The molecule has 0 spiro atoms. The zero-order chi connectivity index (χ0) is 24.9. The second kappa shape index (κ2) is 11.1. The van der Waals surface area contributed by atoms with E-state index in [2.05, 4.69) is 4.98 Å². The first-order valence-electron chi connectivity index (χ1n) is 10.0. The maximum absolute atomic E-state index is 14.6. The topological polar surface area (TPSA) is 68.7 Å². The number of halogens is 4. The largest absolute Gasteiger partial charge is 0.477 e. The van der Waals surface area contributed by atoms with E-state index in [1.807, 2.05) is 13.8 Å². The highest BCUT2D eigenvalue weighted by atomic mass is 32.2. The number of ether oxygens (including phenoxy) is 2. The highest BCUT2D eigenvalue weighted by molar-refractivity contribution is 8.22. The molecule has 3 rings (SSSR count). The number of pyridine rings is 1. The predicted molar refractivity (Wildman–Crippen MR) is 122 cm³/mol. The van der Waals surface area contributed by atoms with Crippen LogP contribution in [0.25, 0.3) is 11.1 Å². The van der Waals surface area contributed by atoms with Gasteiger partial charge >= 0.3 is 12.1 Å². The van der Waals surface area contributed by atoms with E-state index in [0.29, 0.717) is 11.1 Å². The van der Waals surface area contributed by atoms with Crippen molar-refractivity contribution in [2.45, 2.75) is 52.0 Å². The van der Waals surface area contributed by atoms with Gasteiger partial charge in [-0.2, -0.15) is 13.2 Å². The summed E-state index contributed by atoms with van der Waals surface area (Å²) >= 11 is 5.61. The van der Waals surface area contributed by atoms with Crippen LogP contribution in [0.4, 0.5) is 17.6 Å². The molecule has 2 atom stereocenters. The summed E-state index contributed by atoms with van der Waals surface area (Å²) in [7, 11) is 0. The van der Waals surface area contributed by atoms with Gasteiger partial charge in [0.2, 0.25) is 16.4 Å². The minimum Gasteiger partial charge on any atom is -0.477 e. The van der Waals surface area contributed by atoms with Crippen molar-refractivity contribution >= 4 is 34.3 Å². The van der Waals surface area contributed by atoms with E-state index in [0.717, 1.165) is 11.8 Å². The fourth-order valence-electron chi connectivity index (χ4n) is 3.28. The standard InChI is InChI=1S/C20H17F4NO4S2.C2H6/c1-9-3-4-10(13(21)7-9)12-8-14(18(26)27)25-17-11(12)5-6-15(28-17)16(20(22,23)24)29-19(30)31-2;1-2/h3-4,7-8,15-16H,5-6H2,1-2H3,(H,26,27);1-2H3. The Kier molecular flexibility index (Phi) is 9.07. The van der Waals surface area contributed by atoms with E-state index in [1.165, 1.54) is 24.5 Å². The number of carboxylic acid groups (broad SMARTS) is 1. The van der Waals surface area contributed by atoms with Crippen LogP contribution in [0.1, 0.15) is 41.9 Å². The average Bonchev–Trinajstić information content (AvgIpc) is 2.76. The molecule has 0 fully saturated rings. The number of thiocarbonyl (C=S) groups is 1. The lowest BCUT2D eigenvalue weighted by Crippen LogP contribution is -2.47. The monoisotopic (exact) mass is 505 g/mol. The third-order valence-corrected chi connectivity index (χ3v) is 5.74. The van der Waals surface area contributed by atoms with Crippen molar-refractivity contribution in [1.82, 2.24) is 4.98 Å². The van der Waals surface area contributed by atoms with E-state index in [-0.39, 0.29) is 34.2 Å². The van der Waals surface area contributed by atoms with E-state index in [9.17, 15) is 27.5 Å². The molecule has 5 nitrogen and oxygen atoms in total. The SMILES string of the molecule is CC.CSC(=S)OC(C1CCc2c(-c3ccc(C)cc3F)cc(C(=O)O)nc2O1)C(F)(F)F. The number of thioether (sulfide) groups is 1. The summed E-state index contributed by atoms with van der Waals surface area (Å²) in [5.74, 6) is -2.30. The van der Waals surface area contributed by atoms with Crippen molar-refractivity contribution in [3.8, 4) is 17.0 Å². The maximum Gasteiger partial charge on any atom is 0.429 e. The fourth-order valence-corrected chi connectivity index (χ4v) is 3.59. The average molecular weight is 506 g/mol. The molecule has 180 valence electrons. The van der Waals surface area contributed by atoms with Crippen molar-refractivity contribution in [1.29, 1.82) is 0 Å². The van der Waals surface area contributed by atoms with Gasteiger partial charge in [-0.15, -0.1) is 0 Å². The minimum atomic E-state index is -4.78. The lowest BCUT2D eigenvalue weighted by Gasteiger charge is -2.33. The Bertz CT molecular complexity index is 1030. The zero-order valence-electron chi connectivity index (χ0n) is 18.3. The highest BCUT2D eigenvalue weighted by Gasteiger charge is 2.50. The Hall–Kier alpha value is -2.40. The van der Waals surface area contributed by atoms with E-state index in [1.54, 1.807) is 13.0 Å². The third-order valence-electron chi connectivity index (χ3n) is 4.71. The molecular formula is C22H23F4NO4S2. The molecule has 2 unspecified atom stereocenters. The molecule has 0 aliphatic carbocycles. The van der Waals surface area contributed by atoms with Crippen LogP contribution in [-0.2, 0) is 11.2 Å². The Labute approximate surface area is 198 Å². The number of aromatic nitrogens is 1. The molecule has 0 saturated heterocycles. The molecular weight excluding hydrogens is 482 g/mol. The van der Waals surface area contributed by atoms with Crippen molar-refractivity contribution in [2.24, 2.45) is 0 Å². The van der Waals surface area contributed by atoms with Gasteiger partial charge in [0.15, 0.2) is 5.69 Å². The first-order valence-corrected chi connectivity index (χ1v) is 11.7. The van der Waals surface area contributed by atoms with Gasteiger partial charge in [0.1, 0.15) is 11.9 Å².